The van der Waals surface area contributed by atoms with Crippen LogP contribution in [0.5, 0.6) is 0 Å². The molecule has 2 rings (SSSR count). The summed E-state index contributed by atoms with van der Waals surface area (Å²) in [6.07, 6.45) is 2.09. The number of sulfone groups is 1. The molecule has 8 heteroatoms. The van der Waals surface area contributed by atoms with Crippen molar-refractivity contribution in [2.24, 2.45) is 0 Å². The van der Waals surface area contributed by atoms with E-state index >= 15 is 0 Å². The van der Waals surface area contributed by atoms with Gasteiger partial charge < -0.3 is 4.74 Å². The zero-order valence-corrected chi connectivity index (χ0v) is 16.0. The number of ether oxygens (including phenoxy) is 1. The average Bonchev–Trinajstić information content (AvgIpc) is 2.53. The number of benzene rings is 1. The Hall–Kier alpha value is -1.67. The lowest BCUT2D eigenvalue weighted by atomic mass is 9.95. The van der Waals surface area contributed by atoms with Crippen LogP contribution in [0.15, 0.2) is 17.0 Å². The van der Waals surface area contributed by atoms with Crippen molar-refractivity contribution in [2.75, 3.05) is 18.6 Å². The van der Waals surface area contributed by atoms with Crippen LogP contribution in [0.4, 0.5) is 0 Å². The highest BCUT2D eigenvalue weighted by Crippen LogP contribution is 2.30. The third-order valence-corrected chi connectivity index (χ3v) is 6.43. The number of rotatable bonds is 5. The fraction of sp³-hybridized carbons (Fsp3) is 0.471. The first-order chi connectivity index (χ1) is 11.7. The number of thioether (sulfide) groups is 1. The highest BCUT2D eigenvalue weighted by atomic mass is 32.2. The lowest BCUT2D eigenvalue weighted by molar-refractivity contribution is -0.118. The molecule has 25 heavy (non-hydrogen) atoms. The molecule has 0 aromatic heterocycles. The number of esters is 1. The van der Waals surface area contributed by atoms with E-state index in [9.17, 15) is 22.8 Å². The van der Waals surface area contributed by atoms with Gasteiger partial charge in [0.05, 0.1) is 17.1 Å². The minimum atomic E-state index is -3.68. The highest BCUT2D eigenvalue weighted by molar-refractivity contribution is 8.01. The Morgan fingerprint density at radius 2 is 2.00 bits per heavy atom. The SMILES string of the molecule is CCOC(=O)c1c(S(C)(=O)=O)ccc(C(=O)C2SCCCC2=O)c1C. The Balaban J connectivity index is 2.57. The predicted molar refractivity (Wildman–Crippen MR) is 95.1 cm³/mol. The molecule has 1 aromatic carbocycles. The molecule has 0 bridgehead atoms. The minimum Gasteiger partial charge on any atom is -0.462 e. The molecule has 0 N–H and O–H groups in total. The van der Waals surface area contributed by atoms with Crippen LogP contribution in [0.3, 0.4) is 0 Å². The second-order valence-corrected chi connectivity index (χ2v) is 8.99. The highest BCUT2D eigenvalue weighted by Gasteiger charge is 2.33. The number of carbonyl (C=O) groups excluding carboxylic acids is 3. The Labute approximate surface area is 151 Å². The Kier molecular flexibility index (Phi) is 6.05. The summed E-state index contributed by atoms with van der Waals surface area (Å²) in [7, 11) is -3.68. The first-order valence-corrected chi connectivity index (χ1v) is 10.8. The van der Waals surface area contributed by atoms with Crippen LogP contribution < -0.4 is 0 Å². The molecule has 1 aromatic rings. The van der Waals surface area contributed by atoms with Crippen molar-refractivity contribution in [1.82, 2.24) is 0 Å². The molecule has 136 valence electrons. The standard InChI is InChI=1S/C17H20O6S2/c1-4-23-17(20)14-10(2)11(7-8-13(14)25(3,21)22)15(19)16-12(18)6-5-9-24-16/h7-8,16H,4-6,9H2,1-3H3. The zero-order valence-electron chi connectivity index (χ0n) is 14.3. The molecule has 1 aliphatic rings. The topological polar surface area (TPSA) is 94.6 Å². The molecule has 0 amide bonds. The van der Waals surface area contributed by atoms with Crippen molar-refractivity contribution < 1.29 is 27.5 Å². The molecule has 0 aliphatic carbocycles. The van der Waals surface area contributed by atoms with Gasteiger partial charge in [-0.25, -0.2) is 13.2 Å². The first kappa shape index (κ1) is 19.7. The smallest absolute Gasteiger partial charge is 0.339 e. The molecule has 1 fully saturated rings. The monoisotopic (exact) mass is 384 g/mol. The molecule has 0 spiro atoms. The number of Topliss-reactive ketones (excluding diaryl/α,β-unsaturated/α-hetero) is 2. The van der Waals surface area contributed by atoms with Crippen molar-refractivity contribution in [2.45, 2.75) is 36.8 Å². The third kappa shape index (κ3) is 4.12. The largest absolute Gasteiger partial charge is 0.462 e. The minimum absolute atomic E-state index is 0.0800. The van der Waals surface area contributed by atoms with Crippen LogP contribution in [0.2, 0.25) is 0 Å². The van der Waals surface area contributed by atoms with Crippen LogP contribution in [0.25, 0.3) is 0 Å². The molecule has 1 heterocycles. The van der Waals surface area contributed by atoms with Gasteiger partial charge in [-0.15, -0.1) is 11.8 Å². The van der Waals surface area contributed by atoms with Crippen molar-refractivity contribution >= 4 is 39.1 Å². The van der Waals surface area contributed by atoms with Crippen molar-refractivity contribution in [3.05, 3.63) is 28.8 Å². The van der Waals surface area contributed by atoms with Crippen LogP contribution in [-0.2, 0) is 19.4 Å². The molecule has 1 atom stereocenters. The normalized spacial score (nSPS) is 18.0. The maximum Gasteiger partial charge on any atom is 0.339 e. The zero-order chi connectivity index (χ0) is 18.8. The van der Waals surface area contributed by atoms with E-state index in [4.69, 9.17) is 4.74 Å². The summed E-state index contributed by atoms with van der Waals surface area (Å²) in [4.78, 5) is 36.9. The Morgan fingerprint density at radius 3 is 2.56 bits per heavy atom. The lowest BCUT2D eigenvalue weighted by Gasteiger charge is -2.21. The van der Waals surface area contributed by atoms with Crippen LogP contribution in [0.1, 0.15) is 46.0 Å². The summed E-state index contributed by atoms with van der Waals surface area (Å²) in [6.45, 7) is 3.20. The van der Waals surface area contributed by atoms with Crippen molar-refractivity contribution in [3.63, 3.8) is 0 Å². The van der Waals surface area contributed by atoms with Gasteiger partial charge in [0.1, 0.15) is 5.25 Å². The maximum absolute atomic E-state index is 12.8. The fourth-order valence-electron chi connectivity index (χ4n) is 2.75. The third-order valence-electron chi connectivity index (χ3n) is 3.95. The molecular weight excluding hydrogens is 364 g/mol. The Morgan fingerprint density at radius 1 is 1.32 bits per heavy atom. The van der Waals surface area contributed by atoms with E-state index in [-0.39, 0.29) is 34.0 Å². The van der Waals surface area contributed by atoms with Gasteiger partial charge in [-0.2, -0.15) is 0 Å². The van der Waals surface area contributed by atoms with Gasteiger partial charge in [0, 0.05) is 18.2 Å². The van der Waals surface area contributed by atoms with E-state index in [1.165, 1.54) is 30.8 Å². The van der Waals surface area contributed by atoms with Crippen LogP contribution >= 0.6 is 11.8 Å². The lowest BCUT2D eigenvalue weighted by Crippen LogP contribution is -2.31. The molecular formula is C17H20O6S2. The summed E-state index contributed by atoms with van der Waals surface area (Å²) in [6, 6.07) is 2.61. The summed E-state index contributed by atoms with van der Waals surface area (Å²) >= 11 is 1.28. The summed E-state index contributed by atoms with van der Waals surface area (Å²) in [5, 5.41) is -0.799. The molecule has 0 saturated carbocycles. The van der Waals surface area contributed by atoms with Gasteiger partial charge in [-0.1, -0.05) is 0 Å². The van der Waals surface area contributed by atoms with Crippen molar-refractivity contribution in [1.29, 1.82) is 0 Å². The van der Waals surface area contributed by atoms with Gasteiger partial charge in [-0.3, -0.25) is 9.59 Å². The van der Waals surface area contributed by atoms with E-state index in [1.54, 1.807) is 6.92 Å². The van der Waals surface area contributed by atoms with Crippen LogP contribution in [-0.4, -0.2) is 49.8 Å². The molecule has 1 saturated heterocycles. The maximum atomic E-state index is 12.8. The van der Waals surface area contributed by atoms with Gasteiger partial charge >= 0.3 is 5.97 Å². The van der Waals surface area contributed by atoms with Crippen molar-refractivity contribution in [3.8, 4) is 0 Å². The van der Waals surface area contributed by atoms with Gasteiger partial charge in [-0.05, 0) is 43.7 Å². The number of hydrogen-bond acceptors (Lipinski definition) is 7. The number of hydrogen-bond donors (Lipinski definition) is 0. The number of ketones is 2. The quantitative estimate of drug-likeness (QED) is 0.436. The summed E-state index contributed by atoms with van der Waals surface area (Å²) in [5.74, 6) is -0.603. The molecule has 6 nitrogen and oxygen atoms in total. The summed E-state index contributed by atoms with van der Waals surface area (Å²) in [5.41, 5.74) is 0.275. The van der Waals surface area contributed by atoms with Crippen LogP contribution in [0, 0.1) is 6.92 Å². The molecule has 1 unspecified atom stereocenters. The first-order valence-electron chi connectivity index (χ1n) is 7.87. The summed E-state index contributed by atoms with van der Waals surface area (Å²) < 4.78 is 29.0. The van der Waals surface area contributed by atoms with E-state index in [1.807, 2.05) is 0 Å². The average molecular weight is 384 g/mol. The van der Waals surface area contributed by atoms with E-state index < -0.39 is 26.8 Å². The van der Waals surface area contributed by atoms with E-state index in [0.29, 0.717) is 12.2 Å². The number of carbonyl (C=O) groups is 3. The Bertz CT molecular complexity index is 826. The molecule has 0 radical (unpaired) electrons. The van der Waals surface area contributed by atoms with Gasteiger partial charge in [0.2, 0.25) is 0 Å². The van der Waals surface area contributed by atoms with E-state index in [2.05, 4.69) is 0 Å². The van der Waals surface area contributed by atoms with E-state index in [0.717, 1.165) is 12.7 Å². The predicted octanol–water partition coefficient (Wildman–Crippen LogP) is 2.22. The second-order valence-electron chi connectivity index (χ2n) is 5.79. The molecule has 1 aliphatic heterocycles. The van der Waals surface area contributed by atoms with Gasteiger partial charge in [0.15, 0.2) is 21.4 Å². The second kappa shape index (κ2) is 7.70. The fourth-order valence-corrected chi connectivity index (χ4v) is 4.81. The van der Waals surface area contributed by atoms with Gasteiger partial charge in [0.25, 0.3) is 0 Å².